The molecule has 21 heavy (non-hydrogen) atoms. The number of aromatic nitrogens is 1. The van der Waals surface area contributed by atoms with Crippen LogP contribution in [0.15, 0.2) is 34.9 Å². The molecule has 0 bridgehead atoms. The van der Waals surface area contributed by atoms with E-state index in [4.69, 9.17) is 9.26 Å². The quantitative estimate of drug-likeness (QED) is 0.941. The van der Waals surface area contributed by atoms with Gasteiger partial charge in [-0.2, -0.15) is 0 Å². The summed E-state index contributed by atoms with van der Waals surface area (Å²) in [6.07, 6.45) is 3.02. The summed E-state index contributed by atoms with van der Waals surface area (Å²) in [5, 5.41) is 6.90. The van der Waals surface area contributed by atoms with E-state index in [9.17, 15) is 4.79 Å². The minimum Gasteiger partial charge on any atom is -0.493 e. The van der Waals surface area contributed by atoms with E-state index in [0.717, 1.165) is 36.3 Å². The molecule has 1 aromatic heterocycles. The molecule has 2 aliphatic rings. The molecule has 1 fully saturated rings. The van der Waals surface area contributed by atoms with Gasteiger partial charge in [0, 0.05) is 24.0 Å². The van der Waals surface area contributed by atoms with Gasteiger partial charge in [-0.25, -0.2) is 0 Å². The van der Waals surface area contributed by atoms with Crippen LogP contribution < -0.4 is 10.1 Å². The number of hydrogen-bond acceptors (Lipinski definition) is 4. The maximum atomic E-state index is 12.3. The molecule has 4 rings (SSSR count). The predicted molar refractivity (Wildman–Crippen MR) is 75.2 cm³/mol. The molecule has 1 saturated carbocycles. The molecule has 0 radical (unpaired) electrons. The van der Waals surface area contributed by atoms with Gasteiger partial charge in [-0.3, -0.25) is 4.79 Å². The van der Waals surface area contributed by atoms with Gasteiger partial charge in [-0.1, -0.05) is 23.4 Å². The fraction of sp³-hybridized carbons (Fsp3) is 0.375. The third-order valence-corrected chi connectivity index (χ3v) is 4.00. The highest BCUT2D eigenvalue weighted by Crippen LogP contribution is 2.40. The molecule has 1 amide bonds. The molecule has 0 saturated heterocycles. The van der Waals surface area contributed by atoms with Crippen molar-refractivity contribution in [2.75, 3.05) is 6.61 Å². The molecule has 2 aromatic rings. The van der Waals surface area contributed by atoms with Gasteiger partial charge >= 0.3 is 0 Å². The van der Waals surface area contributed by atoms with E-state index >= 15 is 0 Å². The van der Waals surface area contributed by atoms with Crippen molar-refractivity contribution in [3.05, 3.63) is 47.3 Å². The highest BCUT2D eigenvalue weighted by molar-refractivity contribution is 5.92. The number of rotatable bonds is 3. The third kappa shape index (κ3) is 2.39. The first-order chi connectivity index (χ1) is 10.3. The summed E-state index contributed by atoms with van der Waals surface area (Å²) >= 11 is 0. The van der Waals surface area contributed by atoms with Crippen LogP contribution in [-0.4, -0.2) is 17.7 Å². The Bertz CT molecular complexity index is 676. The van der Waals surface area contributed by atoms with Crippen molar-refractivity contribution < 1.29 is 14.1 Å². The van der Waals surface area contributed by atoms with Crippen molar-refractivity contribution in [3.63, 3.8) is 0 Å². The number of hydrogen-bond donors (Lipinski definition) is 1. The topological polar surface area (TPSA) is 64.4 Å². The molecule has 2 heterocycles. The maximum Gasteiger partial charge on any atom is 0.273 e. The average Bonchev–Trinajstić information content (AvgIpc) is 3.25. The summed E-state index contributed by atoms with van der Waals surface area (Å²) in [6.45, 7) is 0.605. The first-order valence-electron chi connectivity index (χ1n) is 7.30. The van der Waals surface area contributed by atoms with Gasteiger partial charge in [-0.15, -0.1) is 0 Å². The Morgan fingerprint density at radius 1 is 1.24 bits per heavy atom. The number of nitrogens with one attached hydrogen (secondary N) is 1. The van der Waals surface area contributed by atoms with Crippen molar-refractivity contribution in [1.82, 2.24) is 10.5 Å². The Morgan fingerprint density at radius 3 is 2.95 bits per heavy atom. The van der Waals surface area contributed by atoms with E-state index in [1.807, 2.05) is 24.3 Å². The lowest BCUT2D eigenvalue weighted by Gasteiger charge is -2.26. The van der Waals surface area contributed by atoms with Crippen LogP contribution in [0.1, 0.15) is 53.0 Å². The second kappa shape index (κ2) is 4.91. The second-order valence-electron chi connectivity index (χ2n) is 5.59. The number of carbonyl (C=O) groups is 1. The van der Waals surface area contributed by atoms with Crippen LogP contribution in [0.2, 0.25) is 0 Å². The summed E-state index contributed by atoms with van der Waals surface area (Å²) in [4.78, 5) is 12.3. The van der Waals surface area contributed by atoms with E-state index in [0.29, 0.717) is 18.2 Å². The molecule has 5 nitrogen and oxygen atoms in total. The summed E-state index contributed by atoms with van der Waals surface area (Å²) < 4.78 is 10.8. The van der Waals surface area contributed by atoms with Crippen molar-refractivity contribution in [3.8, 4) is 5.75 Å². The minimum absolute atomic E-state index is 0.0384. The number of benzene rings is 1. The summed E-state index contributed by atoms with van der Waals surface area (Å²) in [6, 6.07) is 9.52. The van der Waals surface area contributed by atoms with Gasteiger partial charge < -0.3 is 14.6 Å². The molecule has 0 spiro atoms. The number of amides is 1. The second-order valence-corrected chi connectivity index (χ2v) is 5.59. The third-order valence-electron chi connectivity index (χ3n) is 4.00. The number of nitrogens with zero attached hydrogens (tertiary/aromatic N) is 1. The Kier molecular flexibility index (Phi) is 2.91. The van der Waals surface area contributed by atoms with Crippen LogP contribution in [0.3, 0.4) is 0 Å². The van der Waals surface area contributed by atoms with E-state index in [1.54, 1.807) is 6.07 Å². The van der Waals surface area contributed by atoms with Gasteiger partial charge in [0.1, 0.15) is 11.5 Å². The summed E-state index contributed by atoms with van der Waals surface area (Å²) in [5.74, 6) is 1.94. The number of ether oxygens (including phenoxy) is 1. The Morgan fingerprint density at radius 2 is 2.10 bits per heavy atom. The fourth-order valence-electron chi connectivity index (χ4n) is 2.68. The summed E-state index contributed by atoms with van der Waals surface area (Å²) in [5.41, 5.74) is 1.38. The first-order valence-corrected chi connectivity index (χ1v) is 7.30. The van der Waals surface area contributed by atoms with Gasteiger partial charge in [0.25, 0.3) is 5.91 Å². The fourth-order valence-corrected chi connectivity index (χ4v) is 2.68. The average molecular weight is 284 g/mol. The molecular weight excluding hydrogens is 268 g/mol. The van der Waals surface area contributed by atoms with Crippen LogP contribution in [0, 0.1) is 0 Å². The lowest BCUT2D eigenvalue weighted by Crippen LogP contribution is -2.32. The largest absolute Gasteiger partial charge is 0.493 e. The Balaban J connectivity index is 1.51. The molecule has 1 aliphatic carbocycles. The SMILES string of the molecule is O=C(NC1CCOc2ccccc21)c1cc(C2CC2)on1. The van der Waals surface area contributed by atoms with Crippen molar-refractivity contribution >= 4 is 5.91 Å². The van der Waals surface area contributed by atoms with Crippen LogP contribution in [0.25, 0.3) is 0 Å². The highest BCUT2D eigenvalue weighted by atomic mass is 16.5. The van der Waals surface area contributed by atoms with E-state index in [1.165, 1.54) is 0 Å². The summed E-state index contributed by atoms with van der Waals surface area (Å²) in [7, 11) is 0. The van der Waals surface area contributed by atoms with Crippen molar-refractivity contribution in [2.45, 2.75) is 31.2 Å². The Labute approximate surface area is 122 Å². The van der Waals surface area contributed by atoms with Crippen LogP contribution in [0.4, 0.5) is 0 Å². The zero-order valence-corrected chi connectivity index (χ0v) is 11.5. The number of carbonyl (C=O) groups excluding carboxylic acids is 1. The van der Waals surface area contributed by atoms with Gasteiger partial charge in [0.15, 0.2) is 5.69 Å². The molecule has 1 aromatic carbocycles. The zero-order valence-electron chi connectivity index (χ0n) is 11.5. The normalized spacial score (nSPS) is 20.5. The van der Waals surface area contributed by atoms with Crippen molar-refractivity contribution in [1.29, 1.82) is 0 Å². The van der Waals surface area contributed by atoms with Gasteiger partial charge in [0.05, 0.1) is 12.6 Å². The Hall–Kier alpha value is -2.30. The highest BCUT2D eigenvalue weighted by Gasteiger charge is 2.30. The maximum absolute atomic E-state index is 12.3. The minimum atomic E-state index is -0.188. The molecule has 1 unspecified atom stereocenters. The van der Waals surface area contributed by atoms with Crippen LogP contribution >= 0.6 is 0 Å². The molecule has 108 valence electrons. The smallest absolute Gasteiger partial charge is 0.273 e. The lowest BCUT2D eigenvalue weighted by atomic mass is 10.0. The van der Waals surface area contributed by atoms with Crippen LogP contribution in [0.5, 0.6) is 5.75 Å². The number of para-hydroxylation sites is 1. The van der Waals surface area contributed by atoms with E-state index < -0.39 is 0 Å². The number of fused-ring (bicyclic) bond motifs is 1. The molecular formula is C16H16N2O3. The lowest BCUT2D eigenvalue weighted by molar-refractivity contribution is 0.0915. The standard InChI is InChI=1S/C16H16N2O3/c19-16(13-9-15(21-18-13)10-5-6-10)17-12-7-8-20-14-4-2-1-3-11(12)14/h1-4,9-10,12H,5-8H2,(H,17,19). The predicted octanol–water partition coefficient (Wildman–Crippen LogP) is 2.81. The monoisotopic (exact) mass is 284 g/mol. The van der Waals surface area contributed by atoms with E-state index in [-0.39, 0.29) is 11.9 Å². The van der Waals surface area contributed by atoms with Gasteiger partial charge in [0.2, 0.25) is 0 Å². The van der Waals surface area contributed by atoms with Crippen LogP contribution in [-0.2, 0) is 0 Å². The molecule has 5 heteroatoms. The van der Waals surface area contributed by atoms with Crippen molar-refractivity contribution in [2.24, 2.45) is 0 Å². The molecule has 1 aliphatic heterocycles. The molecule has 1 N–H and O–H groups in total. The van der Waals surface area contributed by atoms with Gasteiger partial charge in [-0.05, 0) is 18.9 Å². The zero-order chi connectivity index (χ0) is 14.2. The molecule has 1 atom stereocenters. The van der Waals surface area contributed by atoms with E-state index in [2.05, 4.69) is 10.5 Å². The first kappa shape index (κ1) is 12.4.